The maximum absolute atomic E-state index is 10.7. The number of halogens is 1. The summed E-state index contributed by atoms with van der Waals surface area (Å²) in [6.45, 7) is 0. The third-order valence-electron chi connectivity index (χ3n) is 2.05. The first-order valence-electron chi connectivity index (χ1n) is 4.53. The molecule has 0 aliphatic heterocycles. The van der Waals surface area contributed by atoms with E-state index in [0.29, 0.717) is 18.7 Å². The predicted octanol–water partition coefficient (Wildman–Crippen LogP) is 1.80. The Kier molecular flexibility index (Phi) is 2.87. The SMILES string of the molecule is O=c1[nH]nc(CCc2ccccc2Cl)o1. The molecule has 2 aromatic rings. The highest BCUT2D eigenvalue weighted by Crippen LogP contribution is 2.16. The molecule has 0 aliphatic carbocycles. The van der Waals surface area contributed by atoms with E-state index in [1.807, 2.05) is 24.3 Å². The largest absolute Gasteiger partial charge is 0.434 e. The van der Waals surface area contributed by atoms with E-state index in [-0.39, 0.29) is 0 Å². The number of hydrogen-bond acceptors (Lipinski definition) is 3. The molecule has 5 heteroatoms. The summed E-state index contributed by atoms with van der Waals surface area (Å²) < 4.78 is 4.78. The lowest BCUT2D eigenvalue weighted by molar-refractivity contribution is 0.461. The van der Waals surface area contributed by atoms with Crippen molar-refractivity contribution in [3.63, 3.8) is 0 Å². The topological polar surface area (TPSA) is 58.9 Å². The molecule has 0 fully saturated rings. The molecule has 4 nitrogen and oxygen atoms in total. The Morgan fingerprint density at radius 2 is 2.13 bits per heavy atom. The predicted molar refractivity (Wildman–Crippen MR) is 56.0 cm³/mol. The molecule has 15 heavy (non-hydrogen) atoms. The Morgan fingerprint density at radius 1 is 1.33 bits per heavy atom. The minimum Gasteiger partial charge on any atom is -0.392 e. The molecule has 0 amide bonds. The van der Waals surface area contributed by atoms with Crippen LogP contribution in [0.1, 0.15) is 11.5 Å². The number of aromatic nitrogens is 2. The van der Waals surface area contributed by atoms with Gasteiger partial charge in [-0.2, -0.15) is 0 Å². The Bertz CT molecular complexity index is 504. The van der Waals surface area contributed by atoms with Crippen LogP contribution in [0.2, 0.25) is 5.02 Å². The monoisotopic (exact) mass is 224 g/mol. The van der Waals surface area contributed by atoms with Crippen LogP contribution in [0.4, 0.5) is 0 Å². The summed E-state index contributed by atoms with van der Waals surface area (Å²) in [6, 6.07) is 7.56. The zero-order valence-corrected chi connectivity index (χ0v) is 8.62. The summed E-state index contributed by atoms with van der Waals surface area (Å²) in [5, 5.41) is 6.65. The normalized spacial score (nSPS) is 10.5. The van der Waals surface area contributed by atoms with Gasteiger partial charge in [-0.3, -0.25) is 0 Å². The van der Waals surface area contributed by atoms with Crippen LogP contribution in [0, 0.1) is 0 Å². The van der Waals surface area contributed by atoms with Crippen molar-refractivity contribution in [1.29, 1.82) is 0 Å². The third-order valence-corrected chi connectivity index (χ3v) is 2.42. The molecule has 78 valence electrons. The molecule has 0 atom stereocenters. The van der Waals surface area contributed by atoms with Crippen LogP contribution in [-0.2, 0) is 12.8 Å². The van der Waals surface area contributed by atoms with E-state index in [2.05, 4.69) is 10.2 Å². The van der Waals surface area contributed by atoms with Crippen LogP contribution in [0.5, 0.6) is 0 Å². The van der Waals surface area contributed by atoms with Crippen LogP contribution >= 0.6 is 11.6 Å². The van der Waals surface area contributed by atoms with Crippen LogP contribution in [0.15, 0.2) is 33.5 Å². The lowest BCUT2D eigenvalue weighted by atomic mass is 10.1. The molecule has 0 aliphatic rings. The molecule has 2 rings (SSSR count). The fourth-order valence-corrected chi connectivity index (χ4v) is 1.54. The van der Waals surface area contributed by atoms with Crippen molar-refractivity contribution in [3.8, 4) is 0 Å². The van der Waals surface area contributed by atoms with Gasteiger partial charge in [0.05, 0.1) is 0 Å². The van der Waals surface area contributed by atoms with Crippen LogP contribution in [-0.4, -0.2) is 10.2 Å². The Morgan fingerprint density at radius 3 is 2.80 bits per heavy atom. The van der Waals surface area contributed by atoms with Crippen molar-refractivity contribution in [2.45, 2.75) is 12.8 Å². The zero-order valence-electron chi connectivity index (χ0n) is 7.87. The van der Waals surface area contributed by atoms with Crippen molar-refractivity contribution in [2.24, 2.45) is 0 Å². The first kappa shape index (κ1) is 9.98. The Hall–Kier alpha value is -1.55. The third kappa shape index (κ3) is 2.47. The highest BCUT2D eigenvalue weighted by Gasteiger charge is 2.04. The van der Waals surface area contributed by atoms with Crippen molar-refractivity contribution < 1.29 is 4.42 Å². The number of aryl methyl sites for hydroxylation is 2. The van der Waals surface area contributed by atoms with E-state index in [0.717, 1.165) is 10.6 Å². The molecule has 0 saturated heterocycles. The molecule has 1 aromatic carbocycles. The number of aromatic amines is 1. The quantitative estimate of drug-likeness (QED) is 0.865. The van der Waals surface area contributed by atoms with Crippen LogP contribution in [0.3, 0.4) is 0 Å². The van der Waals surface area contributed by atoms with Crippen LogP contribution in [0.25, 0.3) is 0 Å². The average Bonchev–Trinajstić information content (AvgIpc) is 2.63. The second kappa shape index (κ2) is 4.31. The highest BCUT2D eigenvalue weighted by molar-refractivity contribution is 6.31. The Balaban J connectivity index is 2.05. The van der Waals surface area contributed by atoms with Crippen molar-refractivity contribution in [3.05, 3.63) is 51.3 Å². The maximum Gasteiger partial charge on any atom is 0.434 e. The van der Waals surface area contributed by atoms with Crippen molar-refractivity contribution >= 4 is 11.6 Å². The Labute approximate surface area is 90.9 Å². The number of H-pyrrole nitrogens is 1. The molecule has 0 saturated carbocycles. The lowest BCUT2D eigenvalue weighted by Gasteiger charge is -2.00. The summed E-state index contributed by atoms with van der Waals surface area (Å²) in [6.07, 6.45) is 1.26. The summed E-state index contributed by atoms with van der Waals surface area (Å²) in [5.74, 6) is -0.121. The number of rotatable bonds is 3. The average molecular weight is 225 g/mol. The molecule has 0 radical (unpaired) electrons. The molecular weight excluding hydrogens is 216 g/mol. The molecule has 1 N–H and O–H groups in total. The standard InChI is InChI=1S/C10H9ClN2O2/c11-8-4-2-1-3-7(8)5-6-9-12-13-10(14)15-9/h1-4H,5-6H2,(H,13,14). The van der Waals surface area contributed by atoms with Gasteiger partial charge in [0.15, 0.2) is 0 Å². The van der Waals surface area contributed by atoms with E-state index in [1.54, 1.807) is 0 Å². The number of hydrogen-bond donors (Lipinski definition) is 1. The van der Waals surface area contributed by atoms with Crippen molar-refractivity contribution in [2.75, 3.05) is 0 Å². The van der Waals surface area contributed by atoms with E-state index in [1.165, 1.54) is 0 Å². The molecule has 0 unspecified atom stereocenters. The minimum atomic E-state index is -0.524. The first-order valence-corrected chi connectivity index (χ1v) is 4.91. The van der Waals surface area contributed by atoms with Gasteiger partial charge in [0.2, 0.25) is 5.89 Å². The fourth-order valence-electron chi connectivity index (χ4n) is 1.31. The molecule has 0 spiro atoms. The van der Waals surface area contributed by atoms with Crippen LogP contribution < -0.4 is 5.76 Å². The van der Waals surface area contributed by atoms with Gasteiger partial charge in [0.1, 0.15) is 0 Å². The summed E-state index contributed by atoms with van der Waals surface area (Å²) in [4.78, 5) is 10.7. The molecule has 0 bridgehead atoms. The minimum absolute atomic E-state index is 0.403. The van der Waals surface area contributed by atoms with Gasteiger partial charge >= 0.3 is 5.76 Å². The van der Waals surface area contributed by atoms with E-state index in [4.69, 9.17) is 16.0 Å². The zero-order chi connectivity index (χ0) is 10.7. The fraction of sp³-hybridized carbons (Fsp3) is 0.200. The smallest absolute Gasteiger partial charge is 0.392 e. The molecular formula is C10H9ClN2O2. The lowest BCUT2D eigenvalue weighted by Crippen LogP contribution is -1.94. The maximum atomic E-state index is 10.7. The summed E-state index contributed by atoms with van der Waals surface area (Å²) in [5.41, 5.74) is 1.02. The summed E-state index contributed by atoms with van der Waals surface area (Å²) in [7, 11) is 0. The van der Waals surface area contributed by atoms with Gasteiger partial charge in [-0.05, 0) is 18.1 Å². The highest BCUT2D eigenvalue weighted by atomic mass is 35.5. The van der Waals surface area contributed by atoms with Gasteiger partial charge in [0.25, 0.3) is 0 Å². The molecule has 1 heterocycles. The summed E-state index contributed by atoms with van der Waals surface area (Å²) >= 11 is 5.98. The van der Waals surface area contributed by atoms with E-state index >= 15 is 0 Å². The second-order valence-corrected chi connectivity index (χ2v) is 3.51. The number of nitrogens with one attached hydrogen (secondary N) is 1. The number of benzene rings is 1. The number of nitrogens with zero attached hydrogens (tertiary/aromatic N) is 1. The van der Waals surface area contributed by atoms with E-state index < -0.39 is 5.76 Å². The van der Waals surface area contributed by atoms with Crippen molar-refractivity contribution in [1.82, 2.24) is 10.2 Å². The second-order valence-electron chi connectivity index (χ2n) is 3.10. The molecule has 1 aromatic heterocycles. The van der Waals surface area contributed by atoms with Gasteiger partial charge < -0.3 is 4.42 Å². The van der Waals surface area contributed by atoms with Gasteiger partial charge in [-0.25, -0.2) is 9.89 Å². The van der Waals surface area contributed by atoms with E-state index in [9.17, 15) is 4.79 Å². The first-order chi connectivity index (χ1) is 7.25. The van der Waals surface area contributed by atoms with Gasteiger partial charge in [-0.15, -0.1) is 5.10 Å². The van der Waals surface area contributed by atoms with Gasteiger partial charge in [0, 0.05) is 11.4 Å². The van der Waals surface area contributed by atoms with Gasteiger partial charge in [-0.1, -0.05) is 29.8 Å².